The fraction of sp³-hybridized carbons (Fsp3) is 0.632. The number of hydrogen-bond acceptors (Lipinski definition) is 3. The lowest BCUT2D eigenvalue weighted by Gasteiger charge is -2.27. The fourth-order valence-corrected chi connectivity index (χ4v) is 2.22. The lowest BCUT2D eigenvalue weighted by Crippen LogP contribution is -2.41. The molecule has 1 N–H and O–H groups in total. The van der Waals surface area contributed by atoms with E-state index in [-0.39, 0.29) is 12.0 Å². The van der Waals surface area contributed by atoms with Gasteiger partial charge in [-0.15, -0.1) is 0 Å². The van der Waals surface area contributed by atoms with E-state index in [4.69, 9.17) is 9.47 Å². The zero-order valence-electron chi connectivity index (χ0n) is 15.1. The Labute approximate surface area is 140 Å². The van der Waals surface area contributed by atoms with Gasteiger partial charge in [0.15, 0.2) is 0 Å². The molecule has 0 fully saturated rings. The third kappa shape index (κ3) is 6.22. The summed E-state index contributed by atoms with van der Waals surface area (Å²) in [6.45, 7) is 8.12. The van der Waals surface area contributed by atoms with Crippen molar-refractivity contribution in [3.8, 4) is 5.75 Å². The van der Waals surface area contributed by atoms with Crippen molar-refractivity contribution in [3.63, 3.8) is 0 Å². The maximum Gasteiger partial charge on any atom is 0.256 e. The van der Waals surface area contributed by atoms with Crippen LogP contribution in [0.15, 0.2) is 24.3 Å². The van der Waals surface area contributed by atoms with Crippen LogP contribution in [-0.2, 0) is 9.53 Å². The van der Waals surface area contributed by atoms with Gasteiger partial charge >= 0.3 is 0 Å². The Balaban J connectivity index is 2.64. The Hall–Kier alpha value is -1.55. The van der Waals surface area contributed by atoms with E-state index < -0.39 is 5.60 Å². The molecule has 23 heavy (non-hydrogen) atoms. The van der Waals surface area contributed by atoms with Crippen LogP contribution in [0.2, 0.25) is 0 Å². The second-order valence-electron chi connectivity index (χ2n) is 6.21. The number of rotatable bonds is 10. The number of benzene rings is 1. The summed E-state index contributed by atoms with van der Waals surface area (Å²) in [6, 6.07) is 7.47. The highest BCUT2D eigenvalue weighted by Crippen LogP contribution is 2.23. The van der Waals surface area contributed by atoms with Crippen molar-refractivity contribution in [1.29, 1.82) is 0 Å². The van der Waals surface area contributed by atoms with Crippen molar-refractivity contribution in [2.24, 2.45) is 0 Å². The molecule has 4 nitrogen and oxygen atoms in total. The number of carbonyl (C=O) groups excluding carboxylic acids is 1. The Bertz CT molecular complexity index is 472. The summed E-state index contributed by atoms with van der Waals surface area (Å²) in [5, 5.41) is 2.94. The number of anilines is 1. The molecule has 1 aromatic rings. The lowest BCUT2D eigenvalue weighted by molar-refractivity contribution is -0.136. The molecule has 0 aliphatic rings. The van der Waals surface area contributed by atoms with Gasteiger partial charge in [0.05, 0.1) is 6.10 Å². The van der Waals surface area contributed by atoms with Gasteiger partial charge < -0.3 is 14.8 Å². The Morgan fingerprint density at radius 1 is 1.22 bits per heavy atom. The first kappa shape index (κ1) is 19.5. The van der Waals surface area contributed by atoms with E-state index in [1.807, 2.05) is 38.1 Å². The van der Waals surface area contributed by atoms with E-state index in [0.717, 1.165) is 43.5 Å². The minimum Gasteiger partial charge on any atom is -0.491 e. The first-order valence-corrected chi connectivity index (χ1v) is 8.58. The summed E-state index contributed by atoms with van der Waals surface area (Å²) in [4.78, 5) is 12.5. The topological polar surface area (TPSA) is 47.6 Å². The third-order valence-electron chi connectivity index (χ3n) is 4.21. The largest absolute Gasteiger partial charge is 0.491 e. The Morgan fingerprint density at radius 2 is 1.87 bits per heavy atom. The number of ether oxygens (including phenoxy) is 2. The third-order valence-corrected chi connectivity index (χ3v) is 4.21. The highest BCUT2D eigenvalue weighted by Gasteiger charge is 2.32. The van der Waals surface area contributed by atoms with E-state index in [2.05, 4.69) is 19.2 Å². The van der Waals surface area contributed by atoms with Gasteiger partial charge in [-0.25, -0.2) is 0 Å². The van der Waals surface area contributed by atoms with Gasteiger partial charge in [0.25, 0.3) is 5.91 Å². The zero-order valence-corrected chi connectivity index (χ0v) is 15.1. The van der Waals surface area contributed by atoms with Crippen LogP contribution in [0.3, 0.4) is 0 Å². The molecule has 0 aromatic heterocycles. The van der Waals surface area contributed by atoms with Crippen LogP contribution in [0, 0.1) is 0 Å². The molecule has 1 rings (SSSR count). The molecule has 0 bridgehead atoms. The van der Waals surface area contributed by atoms with Crippen LogP contribution in [0.1, 0.15) is 59.8 Å². The van der Waals surface area contributed by atoms with Crippen LogP contribution in [0.25, 0.3) is 0 Å². The highest BCUT2D eigenvalue weighted by atomic mass is 16.5. The van der Waals surface area contributed by atoms with Gasteiger partial charge in [0.1, 0.15) is 11.4 Å². The molecule has 0 aliphatic carbocycles. The van der Waals surface area contributed by atoms with E-state index in [0.29, 0.717) is 0 Å². The predicted molar refractivity (Wildman–Crippen MR) is 95.0 cm³/mol. The van der Waals surface area contributed by atoms with Crippen LogP contribution in [0.4, 0.5) is 5.69 Å². The molecule has 0 saturated carbocycles. The van der Waals surface area contributed by atoms with Crippen molar-refractivity contribution >= 4 is 11.6 Å². The summed E-state index contributed by atoms with van der Waals surface area (Å²) in [5.74, 6) is 0.710. The second kappa shape index (κ2) is 9.56. The summed E-state index contributed by atoms with van der Waals surface area (Å²) in [6.07, 6.45) is 5.08. The number of amides is 1. The van der Waals surface area contributed by atoms with Gasteiger partial charge in [0, 0.05) is 12.8 Å². The quantitative estimate of drug-likeness (QED) is 0.630. The Morgan fingerprint density at radius 3 is 2.39 bits per heavy atom. The average Bonchev–Trinajstić information content (AvgIpc) is 2.56. The normalized spacial score (nSPS) is 14.8. The first-order chi connectivity index (χ1) is 10.9. The molecule has 130 valence electrons. The number of hydrogen-bond donors (Lipinski definition) is 1. The molecule has 0 heterocycles. The molecule has 0 aliphatic heterocycles. The second-order valence-corrected chi connectivity index (χ2v) is 6.21. The van der Waals surface area contributed by atoms with Gasteiger partial charge in [-0.2, -0.15) is 0 Å². The number of carbonyl (C=O) groups is 1. The van der Waals surface area contributed by atoms with Crippen LogP contribution < -0.4 is 10.1 Å². The molecule has 0 saturated heterocycles. The molecular formula is C19H31NO3. The van der Waals surface area contributed by atoms with Crippen molar-refractivity contribution in [2.75, 3.05) is 12.4 Å². The smallest absolute Gasteiger partial charge is 0.256 e. The zero-order chi connectivity index (χ0) is 17.3. The summed E-state index contributed by atoms with van der Waals surface area (Å²) in [5.41, 5.74) is -0.0357. The van der Waals surface area contributed by atoms with Crippen molar-refractivity contribution in [2.45, 2.75) is 71.5 Å². The van der Waals surface area contributed by atoms with Gasteiger partial charge in [-0.05, 0) is 51.0 Å². The summed E-state index contributed by atoms with van der Waals surface area (Å²) in [7, 11) is 1.59. The molecule has 2 atom stereocenters. The minimum absolute atomic E-state index is 0.105. The average molecular weight is 321 g/mol. The standard InChI is InChI=1S/C19H31NO3/c1-6-8-9-14-19(4,22-5)18(21)20-16-10-12-17(13-11-16)23-15(3)7-2/h10-13,15H,6-9,14H2,1-5H3,(H,20,21)/t15-,19+/m0/s1. The number of nitrogens with one attached hydrogen (secondary N) is 1. The fourth-order valence-electron chi connectivity index (χ4n) is 2.22. The van der Waals surface area contributed by atoms with E-state index in [1.54, 1.807) is 7.11 Å². The minimum atomic E-state index is -0.791. The van der Waals surface area contributed by atoms with Crippen molar-refractivity contribution < 1.29 is 14.3 Å². The molecule has 0 radical (unpaired) electrons. The van der Waals surface area contributed by atoms with Gasteiger partial charge in [-0.3, -0.25) is 4.79 Å². The lowest BCUT2D eigenvalue weighted by atomic mass is 9.97. The maximum atomic E-state index is 12.5. The first-order valence-electron chi connectivity index (χ1n) is 8.58. The SMILES string of the molecule is CCCCC[C@@](C)(OC)C(=O)Nc1ccc(O[C@@H](C)CC)cc1. The molecule has 4 heteroatoms. The van der Waals surface area contributed by atoms with Crippen LogP contribution >= 0.6 is 0 Å². The molecular weight excluding hydrogens is 290 g/mol. The Kier molecular flexibility index (Phi) is 8.10. The maximum absolute atomic E-state index is 12.5. The molecule has 0 spiro atoms. The van der Waals surface area contributed by atoms with Gasteiger partial charge in [0.2, 0.25) is 0 Å². The monoisotopic (exact) mass is 321 g/mol. The summed E-state index contributed by atoms with van der Waals surface area (Å²) >= 11 is 0. The summed E-state index contributed by atoms with van der Waals surface area (Å²) < 4.78 is 11.2. The van der Waals surface area contributed by atoms with Gasteiger partial charge in [-0.1, -0.05) is 33.1 Å². The molecule has 1 amide bonds. The van der Waals surface area contributed by atoms with E-state index in [1.165, 1.54) is 0 Å². The number of methoxy groups -OCH3 is 1. The van der Waals surface area contributed by atoms with Crippen LogP contribution in [-0.4, -0.2) is 24.7 Å². The number of unbranched alkanes of at least 4 members (excludes halogenated alkanes) is 2. The predicted octanol–water partition coefficient (Wildman–Crippen LogP) is 4.79. The van der Waals surface area contributed by atoms with Crippen LogP contribution in [0.5, 0.6) is 5.75 Å². The molecule has 0 unspecified atom stereocenters. The highest BCUT2D eigenvalue weighted by molar-refractivity contribution is 5.97. The van der Waals surface area contributed by atoms with Crippen molar-refractivity contribution in [3.05, 3.63) is 24.3 Å². The van der Waals surface area contributed by atoms with E-state index >= 15 is 0 Å². The molecule has 1 aromatic carbocycles. The van der Waals surface area contributed by atoms with Crippen molar-refractivity contribution in [1.82, 2.24) is 0 Å². The van der Waals surface area contributed by atoms with E-state index in [9.17, 15) is 4.79 Å².